The van der Waals surface area contributed by atoms with E-state index < -0.39 is 11.7 Å². The number of carbonyl (C=O) groups is 2. The first-order valence-electron chi connectivity index (χ1n) is 4.04. The molecular weight excluding hydrogens is 246 g/mol. The van der Waals surface area contributed by atoms with Gasteiger partial charge in [0.1, 0.15) is 0 Å². The Morgan fingerprint density at radius 2 is 1.93 bits per heavy atom. The third-order valence-corrected chi connectivity index (χ3v) is 2.18. The molecule has 0 aromatic heterocycles. The van der Waals surface area contributed by atoms with Crippen molar-refractivity contribution in [2.24, 2.45) is 0 Å². The van der Waals surface area contributed by atoms with Gasteiger partial charge < -0.3 is 4.90 Å². The molecule has 3 nitrogen and oxygen atoms in total. The van der Waals surface area contributed by atoms with Crippen LogP contribution in [0.25, 0.3) is 0 Å². The summed E-state index contributed by atoms with van der Waals surface area (Å²) < 4.78 is 0.787. The van der Waals surface area contributed by atoms with E-state index in [0.29, 0.717) is 5.56 Å². The number of hydrogen-bond acceptors (Lipinski definition) is 2. The van der Waals surface area contributed by atoms with Crippen LogP contribution in [0.15, 0.2) is 28.7 Å². The highest BCUT2D eigenvalue weighted by Crippen LogP contribution is 2.12. The van der Waals surface area contributed by atoms with Crippen LogP contribution >= 0.6 is 15.9 Å². The fourth-order valence-electron chi connectivity index (χ4n) is 0.956. The summed E-state index contributed by atoms with van der Waals surface area (Å²) >= 11 is 3.24. The summed E-state index contributed by atoms with van der Waals surface area (Å²) in [7, 11) is 3.11. The van der Waals surface area contributed by atoms with Crippen molar-refractivity contribution >= 4 is 27.6 Å². The number of benzene rings is 1. The zero-order valence-electron chi connectivity index (χ0n) is 7.95. The predicted octanol–water partition coefficient (Wildman–Crippen LogP) is 1.72. The van der Waals surface area contributed by atoms with Gasteiger partial charge in [0.25, 0.3) is 5.91 Å². The maximum Gasteiger partial charge on any atom is 0.294 e. The maximum atomic E-state index is 11.5. The normalized spacial score (nSPS) is 9.64. The van der Waals surface area contributed by atoms with Crippen LogP contribution in [0.2, 0.25) is 0 Å². The maximum absolute atomic E-state index is 11.5. The summed E-state index contributed by atoms with van der Waals surface area (Å²) in [6.45, 7) is 0. The third kappa shape index (κ3) is 2.42. The molecule has 1 aromatic carbocycles. The van der Waals surface area contributed by atoms with Crippen LogP contribution in [-0.4, -0.2) is 30.7 Å². The van der Waals surface area contributed by atoms with Crippen molar-refractivity contribution in [3.8, 4) is 0 Å². The van der Waals surface area contributed by atoms with Crippen molar-refractivity contribution in [2.75, 3.05) is 14.1 Å². The number of rotatable bonds is 2. The van der Waals surface area contributed by atoms with Crippen LogP contribution in [0.3, 0.4) is 0 Å². The van der Waals surface area contributed by atoms with Crippen LogP contribution in [0.5, 0.6) is 0 Å². The van der Waals surface area contributed by atoms with E-state index in [2.05, 4.69) is 15.9 Å². The molecule has 0 unspecified atom stereocenters. The summed E-state index contributed by atoms with van der Waals surface area (Å²) in [5.41, 5.74) is 0.401. The summed E-state index contributed by atoms with van der Waals surface area (Å²) in [4.78, 5) is 24.1. The second-order valence-electron chi connectivity index (χ2n) is 3.04. The monoisotopic (exact) mass is 255 g/mol. The Kier molecular flexibility index (Phi) is 3.41. The number of carbonyl (C=O) groups excluding carboxylic acids is 2. The van der Waals surface area contributed by atoms with Crippen molar-refractivity contribution in [2.45, 2.75) is 0 Å². The van der Waals surface area contributed by atoms with E-state index in [-0.39, 0.29) is 0 Å². The molecule has 0 radical (unpaired) electrons. The smallest absolute Gasteiger partial charge is 0.294 e. The highest BCUT2D eigenvalue weighted by molar-refractivity contribution is 9.10. The molecule has 0 aliphatic carbocycles. The molecule has 0 spiro atoms. The molecule has 0 aliphatic heterocycles. The predicted molar refractivity (Wildman–Crippen MR) is 57.2 cm³/mol. The van der Waals surface area contributed by atoms with Crippen molar-refractivity contribution in [3.63, 3.8) is 0 Å². The lowest BCUT2D eigenvalue weighted by molar-refractivity contribution is -0.124. The fourth-order valence-corrected chi connectivity index (χ4v) is 1.36. The molecule has 0 aliphatic rings. The van der Waals surface area contributed by atoms with E-state index in [1.54, 1.807) is 38.4 Å². The minimum atomic E-state index is -0.511. The number of ketones is 1. The first-order valence-corrected chi connectivity index (χ1v) is 4.83. The second-order valence-corrected chi connectivity index (χ2v) is 3.95. The summed E-state index contributed by atoms with van der Waals surface area (Å²) in [5, 5.41) is 0. The van der Waals surface area contributed by atoms with Gasteiger partial charge in [-0.05, 0) is 12.1 Å². The lowest BCUT2D eigenvalue weighted by Crippen LogP contribution is -2.29. The molecule has 1 aromatic rings. The number of amides is 1. The lowest BCUT2D eigenvalue weighted by atomic mass is 10.1. The second kappa shape index (κ2) is 4.37. The number of nitrogens with zero attached hydrogens (tertiary/aromatic N) is 1. The minimum Gasteiger partial charge on any atom is -0.342 e. The number of likely N-dealkylation sites (N-methyl/N-ethyl adjacent to an activating group) is 1. The number of Topliss-reactive ketones (excluding diaryl/α,β-unsaturated/α-hetero) is 1. The van der Waals surface area contributed by atoms with E-state index in [9.17, 15) is 9.59 Å². The quantitative estimate of drug-likeness (QED) is 0.596. The minimum absolute atomic E-state index is 0.401. The van der Waals surface area contributed by atoms with E-state index in [4.69, 9.17) is 0 Å². The van der Waals surface area contributed by atoms with Crippen LogP contribution in [-0.2, 0) is 4.79 Å². The first-order chi connectivity index (χ1) is 6.52. The highest BCUT2D eigenvalue weighted by atomic mass is 79.9. The standard InChI is InChI=1S/C10H10BrNO2/c1-12(2)10(14)9(13)7-4-3-5-8(11)6-7/h3-6H,1-2H3. The van der Waals surface area contributed by atoms with Gasteiger partial charge in [-0.1, -0.05) is 28.1 Å². The molecule has 4 heteroatoms. The van der Waals surface area contributed by atoms with Gasteiger partial charge in [0, 0.05) is 24.1 Å². The molecule has 0 atom stereocenters. The molecule has 1 rings (SSSR count). The largest absolute Gasteiger partial charge is 0.342 e. The Morgan fingerprint density at radius 1 is 1.29 bits per heavy atom. The summed E-state index contributed by atoms with van der Waals surface area (Å²) in [6, 6.07) is 6.77. The fraction of sp³-hybridized carbons (Fsp3) is 0.200. The third-order valence-electron chi connectivity index (χ3n) is 1.69. The van der Waals surface area contributed by atoms with E-state index in [1.165, 1.54) is 4.90 Å². The Labute approximate surface area is 90.8 Å². The molecule has 0 saturated carbocycles. The number of hydrogen-bond donors (Lipinski definition) is 0. The molecule has 1 amide bonds. The van der Waals surface area contributed by atoms with Crippen LogP contribution in [0.4, 0.5) is 0 Å². The van der Waals surface area contributed by atoms with Gasteiger partial charge in [0.05, 0.1) is 0 Å². The average molecular weight is 256 g/mol. The molecule has 0 saturated heterocycles. The van der Waals surface area contributed by atoms with Crippen LogP contribution in [0, 0.1) is 0 Å². The molecule has 0 heterocycles. The van der Waals surface area contributed by atoms with Gasteiger partial charge in [0.2, 0.25) is 5.78 Å². The molecular formula is C10H10BrNO2. The molecule has 0 N–H and O–H groups in total. The first kappa shape index (κ1) is 10.9. The van der Waals surface area contributed by atoms with Crippen molar-refractivity contribution in [3.05, 3.63) is 34.3 Å². The van der Waals surface area contributed by atoms with Crippen molar-refractivity contribution in [1.82, 2.24) is 4.90 Å². The SMILES string of the molecule is CN(C)C(=O)C(=O)c1cccc(Br)c1. The van der Waals surface area contributed by atoms with Crippen LogP contribution in [0.1, 0.15) is 10.4 Å². The highest BCUT2D eigenvalue weighted by Gasteiger charge is 2.17. The van der Waals surface area contributed by atoms with E-state index in [0.717, 1.165) is 4.47 Å². The number of halogens is 1. The van der Waals surface area contributed by atoms with E-state index >= 15 is 0 Å². The Morgan fingerprint density at radius 3 is 2.43 bits per heavy atom. The molecule has 14 heavy (non-hydrogen) atoms. The van der Waals surface area contributed by atoms with E-state index in [1.807, 2.05) is 0 Å². The van der Waals surface area contributed by atoms with Crippen molar-refractivity contribution < 1.29 is 9.59 Å². The summed E-state index contributed by atoms with van der Waals surface area (Å²) in [5.74, 6) is -1.00. The average Bonchev–Trinajstić information content (AvgIpc) is 2.15. The molecule has 74 valence electrons. The summed E-state index contributed by atoms with van der Waals surface area (Å²) in [6.07, 6.45) is 0. The molecule has 0 bridgehead atoms. The van der Waals surface area contributed by atoms with Gasteiger partial charge in [-0.15, -0.1) is 0 Å². The van der Waals surface area contributed by atoms with Gasteiger partial charge in [-0.2, -0.15) is 0 Å². The van der Waals surface area contributed by atoms with Gasteiger partial charge in [-0.25, -0.2) is 0 Å². The lowest BCUT2D eigenvalue weighted by Gasteiger charge is -2.08. The molecule has 0 fully saturated rings. The topological polar surface area (TPSA) is 37.4 Å². The van der Waals surface area contributed by atoms with Crippen LogP contribution < -0.4 is 0 Å². The Hall–Kier alpha value is -1.16. The van der Waals surface area contributed by atoms with Gasteiger partial charge >= 0.3 is 0 Å². The van der Waals surface area contributed by atoms with Gasteiger partial charge in [0.15, 0.2) is 0 Å². The van der Waals surface area contributed by atoms with Crippen molar-refractivity contribution in [1.29, 1.82) is 0 Å². The Balaban J connectivity index is 2.95. The zero-order valence-corrected chi connectivity index (χ0v) is 9.54. The zero-order chi connectivity index (χ0) is 10.7. The van der Waals surface area contributed by atoms with Gasteiger partial charge in [-0.3, -0.25) is 9.59 Å². The Bertz CT molecular complexity index is 374.